The number of benzene rings is 1. The largest absolute Gasteiger partial charge is 0.790 e. The van der Waals surface area contributed by atoms with E-state index in [0.717, 1.165) is 0 Å². The molecule has 2 heterocycles. The number of aliphatic hydroxyl groups is 2. The van der Waals surface area contributed by atoms with Gasteiger partial charge in [-0.2, -0.15) is 0 Å². The highest BCUT2D eigenvalue weighted by molar-refractivity contribution is 7.43. The van der Waals surface area contributed by atoms with E-state index >= 15 is 0 Å². The van der Waals surface area contributed by atoms with Crippen LogP contribution < -0.4 is 9.79 Å². The molecule has 13 heteroatoms. The summed E-state index contributed by atoms with van der Waals surface area (Å²) in [5.74, 6) is 0. The first-order chi connectivity index (χ1) is 11.7. The Bertz CT molecular complexity index is 849. The maximum absolute atomic E-state index is 11.0. The van der Waals surface area contributed by atoms with Gasteiger partial charge in [0.1, 0.15) is 18.3 Å². The molecule has 0 bridgehead atoms. The van der Waals surface area contributed by atoms with Crippen LogP contribution in [-0.4, -0.2) is 49.6 Å². The molecule has 0 spiro atoms. The molecule has 2 N–H and O–H groups in total. The first kappa shape index (κ1) is 17.9. The van der Waals surface area contributed by atoms with E-state index in [0.29, 0.717) is 0 Å². The number of aliphatic hydroxyl groups excluding tert-OH is 2. The summed E-state index contributed by atoms with van der Waals surface area (Å²) in [6.45, 7) is -0.772. The molecule has 136 valence electrons. The second-order valence-corrected chi connectivity index (χ2v) is 6.50. The lowest BCUT2D eigenvalue weighted by atomic mass is 10.1. The van der Waals surface area contributed by atoms with Crippen LogP contribution in [0, 0.1) is 10.1 Å². The Balaban J connectivity index is 1.89. The molecule has 12 nitrogen and oxygen atoms in total. The number of imidazole rings is 1. The SMILES string of the molecule is O=[N+]([O-])c1cccc2c1ncn2[C@@H]1O[C@H](COP(=O)([O-])[O-])[C@@H](O)[C@H]1O. The van der Waals surface area contributed by atoms with E-state index in [-0.39, 0.29) is 16.7 Å². The number of non-ortho nitro benzene ring substituents is 1. The summed E-state index contributed by atoms with van der Waals surface area (Å²) in [6.07, 6.45) is -4.33. The third-order valence-corrected chi connectivity index (χ3v) is 4.25. The molecular formula is C12H12N3O9P-2. The van der Waals surface area contributed by atoms with Crippen LogP contribution in [0.5, 0.6) is 0 Å². The summed E-state index contributed by atoms with van der Waals surface area (Å²) in [7, 11) is -5.27. The van der Waals surface area contributed by atoms with Gasteiger partial charge in [0, 0.05) is 6.07 Å². The second-order valence-electron chi connectivity index (χ2n) is 5.34. The van der Waals surface area contributed by atoms with E-state index in [2.05, 4.69) is 9.51 Å². The molecule has 1 aromatic heterocycles. The van der Waals surface area contributed by atoms with E-state index in [9.17, 15) is 34.7 Å². The van der Waals surface area contributed by atoms with Gasteiger partial charge >= 0.3 is 0 Å². The first-order valence-electron chi connectivity index (χ1n) is 6.97. The Morgan fingerprint density at radius 3 is 2.72 bits per heavy atom. The van der Waals surface area contributed by atoms with Crippen LogP contribution >= 0.6 is 7.82 Å². The third kappa shape index (κ3) is 3.41. The van der Waals surface area contributed by atoms with E-state index < -0.39 is 43.9 Å². The molecule has 0 aliphatic carbocycles. The average molecular weight is 373 g/mol. The Morgan fingerprint density at radius 2 is 2.08 bits per heavy atom. The standard InChI is InChI=1S/C12H14N3O9P/c16-10-8(4-23-25(20,21)22)24-12(11(10)17)14-5-13-9-6(14)2-1-3-7(9)15(18)19/h1-3,5,8,10-12,16-17H,4H2,(H2,20,21,22)/p-2/t8-,10-,11-,12-/m1/s1. The number of nitrogens with zero attached hydrogens (tertiary/aromatic N) is 3. The predicted octanol–water partition coefficient (Wildman–Crippen LogP) is -1.59. The van der Waals surface area contributed by atoms with Crippen molar-refractivity contribution in [3.63, 3.8) is 0 Å². The van der Waals surface area contributed by atoms with Gasteiger partial charge in [0.05, 0.1) is 31.2 Å². The lowest BCUT2D eigenvalue weighted by Crippen LogP contribution is -2.34. The molecule has 1 aromatic carbocycles. The Morgan fingerprint density at radius 1 is 1.36 bits per heavy atom. The van der Waals surface area contributed by atoms with Gasteiger partial charge in [-0.05, 0) is 6.07 Å². The zero-order valence-corrected chi connectivity index (χ0v) is 13.3. The number of fused-ring (bicyclic) bond motifs is 1. The van der Waals surface area contributed by atoms with Crippen molar-refractivity contribution < 1.29 is 38.7 Å². The summed E-state index contributed by atoms with van der Waals surface area (Å²) in [5, 5.41) is 31.1. The van der Waals surface area contributed by atoms with Crippen LogP contribution in [0.2, 0.25) is 0 Å². The van der Waals surface area contributed by atoms with Crippen LogP contribution in [0.25, 0.3) is 11.0 Å². The predicted molar refractivity (Wildman–Crippen MR) is 75.9 cm³/mol. The molecular weight excluding hydrogens is 361 g/mol. The van der Waals surface area contributed by atoms with Crippen molar-refractivity contribution in [3.8, 4) is 0 Å². The minimum Gasteiger partial charge on any atom is -0.790 e. The highest BCUT2D eigenvalue weighted by Crippen LogP contribution is 2.35. The van der Waals surface area contributed by atoms with Crippen LogP contribution in [0.4, 0.5) is 5.69 Å². The number of para-hydroxylation sites is 1. The van der Waals surface area contributed by atoms with Crippen molar-refractivity contribution in [2.45, 2.75) is 24.5 Å². The number of phosphoric acid groups is 1. The number of ether oxygens (including phenoxy) is 1. The normalized spacial score (nSPS) is 27.0. The van der Waals surface area contributed by atoms with Crippen molar-refractivity contribution in [2.24, 2.45) is 0 Å². The van der Waals surface area contributed by atoms with Crippen molar-refractivity contribution in [2.75, 3.05) is 6.61 Å². The summed E-state index contributed by atoms with van der Waals surface area (Å²) in [4.78, 5) is 35.4. The lowest BCUT2D eigenvalue weighted by molar-refractivity contribution is -0.383. The highest BCUT2D eigenvalue weighted by Gasteiger charge is 2.44. The number of aromatic nitrogens is 2. The topological polar surface area (TPSA) is 183 Å². The van der Waals surface area contributed by atoms with Crippen LogP contribution in [0.1, 0.15) is 6.23 Å². The monoisotopic (exact) mass is 373 g/mol. The van der Waals surface area contributed by atoms with Gasteiger partial charge in [-0.1, -0.05) is 6.07 Å². The average Bonchev–Trinajstić information content (AvgIpc) is 3.07. The molecule has 0 unspecified atom stereocenters. The van der Waals surface area contributed by atoms with Crippen molar-refractivity contribution >= 4 is 24.5 Å². The first-order valence-corrected chi connectivity index (χ1v) is 8.43. The minimum absolute atomic E-state index is 0.0566. The van der Waals surface area contributed by atoms with Crippen LogP contribution in [0.15, 0.2) is 24.5 Å². The molecule has 25 heavy (non-hydrogen) atoms. The highest BCUT2D eigenvalue weighted by atomic mass is 31.2. The quantitative estimate of drug-likeness (QED) is 0.352. The molecule has 1 saturated heterocycles. The molecule has 1 fully saturated rings. The van der Waals surface area contributed by atoms with Crippen LogP contribution in [0.3, 0.4) is 0 Å². The van der Waals surface area contributed by atoms with Crippen molar-refractivity contribution in [3.05, 3.63) is 34.6 Å². The molecule has 1 aliphatic heterocycles. The van der Waals surface area contributed by atoms with Gasteiger partial charge in [0.15, 0.2) is 11.7 Å². The van der Waals surface area contributed by atoms with Crippen LogP contribution in [-0.2, 0) is 13.8 Å². The molecule has 0 amide bonds. The van der Waals surface area contributed by atoms with Gasteiger partial charge in [-0.3, -0.25) is 10.1 Å². The fraction of sp³-hybridized carbons (Fsp3) is 0.417. The maximum Gasteiger partial charge on any atom is 0.297 e. The van der Waals surface area contributed by atoms with Gasteiger partial charge in [0.2, 0.25) is 0 Å². The smallest absolute Gasteiger partial charge is 0.297 e. The summed E-state index contributed by atoms with van der Waals surface area (Å²) < 4.78 is 21.2. The van der Waals surface area contributed by atoms with Gasteiger partial charge in [-0.15, -0.1) is 0 Å². The number of hydrogen-bond donors (Lipinski definition) is 2. The molecule has 0 radical (unpaired) electrons. The molecule has 1 aliphatic rings. The third-order valence-electron chi connectivity index (χ3n) is 3.79. The number of nitro benzene ring substituents is 1. The summed E-state index contributed by atoms with van der Waals surface area (Å²) >= 11 is 0. The van der Waals surface area contributed by atoms with E-state index in [1.807, 2.05) is 0 Å². The Labute approximate surface area is 139 Å². The lowest BCUT2D eigenvalue weighted by Gasteiger charge is -2.30. The molecule has 4 atom stereocenters. The number of nitro groups is 1. The Kier molecular flexibility index (Phi) is 4.60. The zero-order chi connectivity index (χ0) is 18.4. The second kappa shape index (κ2) is 6.42. The zero-order valence-electron chi connectivity index (χ0n) is 12.4. The summed E-state index contributed by atoms with van der Waals surface area (Å²) in [6, 6.07) is 4.18. The van der Waals surface area contributed by atoms with E-state index in [1.165, 1.54) is 29.1 Å². The van der Waals surface area contributed by atoms with Gasteiger partial charge < -0.3 is 38.4 Å². The summed E-state index contributed by atoms with van der Waals surface area (Å²) in [5.41, 5.74) is 0.0780. The van der Waals surface area contributed by atoms with Gasteiger partial charge in [-0.25, -0.2) is 4.98 Å². The fourth-order valence-corrected chi connectivity index (χ4v) is 2.98. The van der Waals surface area contributed by atoms with E-state index in [1.54, 1.807) is 0 Å². The number of phosphoric ester groups is 1. The Hall–Kier alpha value is -1.92. The molecule has 3 rings (SSSR count). The maximum atomic E-state index is 11.0. The fourth-order valence-electron chi connectivity index (χ4n) is 2.65. The minimum atomic E-state index is -5.27. The van der Waals surface area contributed by atoms with Crippen molar-refractivity contribution in [1.82, 2.24) is 9.55 Å². The molecule has 2 aromatic rings. The number of hydrogen-bond acceptors (Lipinski definition) is 10. The number of rotatable bonds is 5. The molecule has 0 saturated carbocycles. The van der Waals surface area contributed by atoms with Crippen molar-refractivity contribution in [1.29, 1.82) is 0 Å². The van der Waals surface area contributed by atoms with E-state index in [4.69, 9.17) is 4.74 Å². The van der Waals surface area contributed by atoms with Gasteiger partial charge in [0.25, 0.3) is 5.69 Å².